The predicted octanol–water partition coefficient (Wildman–Crippen LogP) is 7.82. The van der Waals surface area contributed by atoms with E-state index in [1.165, 1.54) is 0 Å². The Kier molecular flexibility index (Phi) is 12.9. The number of hydrogen-bond donors (Lipinski definition) is 2. The third-order valence-electron chi connectivity index (χ3n) is 10.1. The molecule has 0 bridgehead atoms. The largest absolute Gasteiger partial charge is 0.493 e. The van der Waals surface area contributed by atoms with E-state index in [0.717, 1.165) is 11.1 Å². The summed E-state index contributed by atoms with van der Waals surface area (Å²) < 4.78 is 52.2. The molecule has 0 amide bonds. The lowest BCUT2D eigenvalue weighted by Gasteiger charge is -2.24. The van der Waals surface area contributed by atoms with Crippen molar-refractivity contribution in [2.75, 3.05) is 42.7 Å². The average molecular weight is 733 g/mol. The van der Waals surface area contributed by atoms with Crippen molar-refractivity contribution in [2.24, 2.45) is 11.8 Å². The fourth-order valence-electron chi connectivity index (χ4n) is 6.78. The number of aliphatic hydroxyl groups is 2. The highest BCUT2D eigenvalue weighted by Crippen LogP contribution is 2.51. The van der Waals surface area contributed by atoms with Crippen LogP contribution in [0.5, 0.6) is 46.0 Å². The van der Waals surface area contributed by atoms with Crippen molar-refractivity contribution < 1.29 is 52.8 Å². The van der Waals surface area contributed by atoms with E-state index < -0.39 is 24.4 Å². The minimum absolute atomic E-state index is 0.167. The summed E-state index contributed by atoms with van der Waals surface area (Å²) in [6.07, 6.45) is -3.49. The Labute approximate surface area is 312 Å². The zero-order valence-electron chi connectivity index (χ0n) is 32.1. The zero-order chi connectivity index (χ0) is 38.4. The second-order valence-corrected chi connectivity index (χ2v) is 13.3. The molecule has 0 radical (unpaired) electrons. The molecule has 0 aromatic heterocycles. The number of ether oxygens (including phenoxy) is 9. The van der Waals surface area contributed by atoms with Gasteiger partial charge in [0, 0.05) is 0 Å². The van der Waals surface area contributed by atoms with Crippen molar-refractivity contribution >= 4 is 0 Å². The topological polar surface area (TPSA) is 124 Å². The highest BCUT2D eigenvalue weighted by atomic mass is 16.5. The predicted molar refractivity (Wildman–Crippen MR) is 200 cm³/mol. The van der Waals surface area contributed by atoms with Crippen molar-refractivity contribution in [3.05, 3.63) is 95.1 Å². The summed E-state index contributed by atoms with van der Waals surface area (Å²) in [5, 5.41) is 22.2. The van der Waals surface area contributed by atoms with Gasteiger partial charge in [-0.1, -0.05) is 38.1 Å². The molecule has 2 N–H and O–H groups in total. The number of methoxy groups -OCH3 is 6. The van der Waals surface area contributed by atoms with Crippen molar-refractivity contribution in [2.45, 2.75) is 64.3 Å². The summed E-state index contributed by atoms with van der Waals surface area (Å²) in [7, 11) is 9.43. The van der Waals surface area contributed by atoms with Gasteiger partial charge in [-0.25, -0.2) is 0 Å². The van der Waals surface area contributed by atoms with Crippen LogP contribution in [0.3, 0.4) is 0 Å². The van der Waals surface area contributed by atoms with E-state index in [-0.39, 0.29) is 24.0 Å². The third-order valence-corrected chi connectivity index (χ3v) is 10.1. The van der Waals surface area contributed by atoms with Gasteiger partial charge in [0.15, 0.2) is 46.0 Å². The standard InChI is InChI=1S/C42H52O11/c1-23-24(2)42(30-14-18-34(38(22-30)50-10)52-26(4)40(44)28-12-16-32(46-6)36(20-28)48-8)53-41(23)29-13-17-33(37(21-29)49-9)51-25(3)39(43)27-11-15-31(45-5)35(19-27)47-7/h11-26,39-44H,1-10H3/t23-,24+,25-,26-,39-,40-,41+,42-/m1/s1. The maximum atomic E-state index is 11.1. The molecule has 1 aliphatic rings. The molecule has 1 aliphatic heterocycles. The van der Waals surface area contributed by atoms with E-state index in [0.29, 0.717) is 57.1 Å². The number of hydrogen-bond acceptors (Lipinski definition) is 11. The fourth-order valence-corrected chi connectivity index (χ4v) is 6.78. The number of aliphatic hydroxyl groups excluding tert-OH is 2. The Balaban J connectivity index is 1.29. The Hall–Kier alpha value is -4.84. The van der Waals surface area contributed by atoms with Gasteiger partial charge in [-0.15, -0.1) is 0 Å². The van der Waals surface area contributed by atoms with Gasteiger partial charge >= 0.3 is 0 Å². The highest BCUT2D eigenvalue weighted by Gasteiger charge is 2.41. The fraction of sp³-hybridized carbons (Fsp3) is 0.429. The van der Waals surface area contributed by atoms with Gasteiger partial charge < -0.3 is 52.8 Å². The van der Waals surface area contributed by atoms with Crippen LogP contribution in [0, 0.1) is 11.8 Å². The molecule has 1 saturated heterocycles. The lowest BCUT2D eigenvalue weighted by molar-refractivity contribution is 0.0281. The minimum Gasteiger partial charge on any atom is -0.493 e. The van der Waals surface area contributed by atoms with Gasteiger partial charge in [0.25, 0.3) is 0 Å². The molecule has 11 heteroatoms. The average Bonchev–Trinajstić information content (AvgIpc) is 3.49. The van der Waals surface area contributed by atoms with Crippen molar-refractivity contribution in [1.82, 2.24) is 0 Å². The molecule has 4 aromatic carbocycles. The van der Waals surface area contributed by atoms with Crippen LogP contribution in [-0.4, -0.2) is 65.1 Å². The molecule has 1 fully saturated rings. The van der Waals surface area contributed by atoms with Crippen LogP contribution in [0.4, 0.5) is 0 Å². The van der Waals surface area contributed by atoms with Crippen LogP contribution >= 0.6 is 0 Å². The Morgan fingerprint density at radius 1 is 0.453 bits per heavy atom. The van der Waals surface area contributed by atoms with Gasteiger partial charge in [-0.2, -0.15) is 0 Å². The molecule has 8 atom stereocenters. The van der Waals surface area contributed by atoms with Crippen LogP contribution in [0.25, 0.3) is 0 Å². The van der Waals surface area contributed by atoms with E-state index in [1.807, 2.05) is 36.4 Å². The molecule has 0 spiro atoms. The molecule has 0 saturated carbocycles. The van der Waals surface area contributed by atoms with Crippen LogP contribution in [0.15, 0.2) is 72.8 Å². The molecule has 0 aliphatic carbocycles. The van der Waals surface area contributed by atoms with Crippen molar-refractivity contribution in [1.29, 1.82) is 0 Å². The first-order valence-corrected chi connectivity index (χ1v) is 17.6. The van der Waals surface area contributed by atoms with Crippen LogP contribution in [0.2, 0.25) is 0 Å². The third kappa shape index (κ3) is 8.38. The molecular formula is C42H52O11. The van der Waals surface area contributed by atoms with Gasteiger partial charge in [0.2, 0.25) is 0 Å². The lowest BCUT2D eigenvalue weighted by Crippen LogP contribution is -2.22. The first-order chi connectivity index (χ1) is 25.5. The van der Waals surface area contributed by atoms with E-state index in [4.69, 9.17) is 42.6 Å². The Morgan fingerprint density at radius 2 is 0.774 bits per heavy atom. The summed E-state index contributed by atoms with van der Waals surface area (Å²) in [6.45, 7) is 7.96. The summed E-state index contributed by atoms with van der Waals surface area (Å²) in [4.78, 5) is 0. The first kappa shape index (κ1) is 39.4. The van der Waals surface area contributed by atoms with E-state index in [1.54, 1.807) is 92.9 Å². The van der Waals surface area contributed by atoms with Gasteiger partial charge in [-0.05, 0) is 96.5 Å². The second kappa shape index (κ2) is 17.3. The Bertz CT molecular complexity index is 1700. The molecule has 1 heterocycles. The first-order valence-electron chi connectivity index (χ1n) is 17.6. The summed E-state index contributed by atoms with van der Waals surface area (Å²) in [5.41, 5.74) is 3.18. The maximum absolute atomic E-state index is 11.1. The van der Waals surface area contributed by atoms with E-state index >= 15 is 0 Å². The highest BCUT2D eigenvalue weighted by molar-refractivity contribution is 5.48. The molecule has 5 rings (SSSR count). The lowest BCUT2D eigenvalue weighted by atomic mass is 9.85. The number of benzene rings is 4. The van der Waals surface area contributed by atoms with E-state index in [2.05, 4.69) is 13.8 Å². The summed E-state index contributed by atoms with van der Waals surface area (Å²) >= 11 is 0. The zero-order valence-corrected chi connectivity index (χ0v) is 32.1. The molecular weight excluding hydrogens is 680 g/mol. The monoisotopic (exact) mass is 732 g/mol. The maximum Gasteiger partial charge on any atom is 0.161 e. The SMILES string of the molecule is COc1ccc([C@H](O)[C@@H](C)Oc2ccc([C@H]3O[C@@H](c4ccc(O[C@H](C)[C@@H](O)c5ccc(OC)c(OC)c5)c(OC)c4)[C@@H](C)[C@H]3C)cc2OC)cc1OC. The van der Waals surface area contributed by atoms with Gasteiger partial charge in [0.1, 0.15) is 24.4 Å². The number of rotatable bonds is 16. The molecule has 286 valence electrons. The van der Waals surface area contributed by atoms with Gasteiger partial charge in [-0.3, -0.25) is 0 Å². The molecule has 0 unspecified atom stereocenters. The summed E-state index contributed by atoms with van der Waals surface area (Å²) in [5.74, 6) is 4.62. The smallest absolute Gasteiger partial charge is 0.161 e. The van der Waals surface area contributed by atoms with Crippen molar-refractivity contribution in [3.63, 3.8) is 0 Å². The van der Waals surface area contributed by atoms with E-state index in [9.17, 15) is 10.2 Å². The quantitative estimate of drug-likeness (QED) is 0.117. The molecule has 53 heavy (non-hydrogen) atoms. The second-order valence-electron chi connectivity index (χ2n) is 13.3. The normalized spacial score (nSPS) is 20.5. The molecule has 11 nitrogen and oxygen atoms in total. The van der Waals surface area contributed by atoms with Crippen molar-refractivity contribution in [3.8, 4) is 46.0 Å². The van der Waals surface area contributed by atoms with Crippen LogP contribution in [0.1, 0.15) is 74.4 Å². The van der Waals surface area contributed by atoms with Gasteiger partial charge in [0.05, 0.1) is 54.9 Å². The molecule has 4 aromatic rings. The van der Waals surface area contributed by atoms with Crippen LogP contribution < -0.4 is 37.9 Å². The summed E-state index contributed by atoms with van der Waals surface area (Å²) in [6, 6.07) is 22.1. The minimum atomic E-state index is -0.932. The Morgan fingerprint density at radius 3 is 1.11 bits per heavy atom. The van der Waals surface area contributed by atoms with Crippen LogP contribution in [-0.2, 0) is 4.74 Å².